The highest BCUT2D eigenvalue weighted by atomic mass is 33.1. The molecule has 0 N–H and O–H groups in total. The maximum absolute atomic E-state index is 13.4. The zero-order valence-corrected chi connectivity index (χ0v) is 16.5. The number of hydrogen-bond acceptors (Lipinski definition) is 7. The van der Waals surface area contributed by atoms with Crippen LogP contribution >= 0.6 is 21.6 Å². The van der Waals surface area contributed by atoms with Gasteiger partial charge in [-0.1, -0.05) is 27.7 Å². The molecule has 9 heteroatoms. The fraction of sp³-hybridized carbons (Fsp3) is 0.529. The van der Waals surface area contributed by atoms with Gasteiger partial charge in [0.15, 0.2) is 9.74 Å². The Morgan fingerprint density at radius 3 is 2.65 bits per heavy atom. The van der Waals surface area contributed by atoms with Gasteiger partial charge in [0.1, 0.15) is 0 Å². The molecule has 7 nitrogen and oxygen atoms in total. The Bertz CT molecular complexity index is 821. The lowest BCUT2D eigenvalue weighted by atomic mass is 9.78. The third-order valence-corrected chi connectivity index (χ3v) is 9.44. The number of nitrogens with zero attached hydrogens (tertiary/aromatic N) is 3. The summed E-state index contributed by atoms with van der Waals surface area (Å²) in [7, 11) is 5.74. The van der Waals surface area contributed by atoms with E-state index >= 15 is 0 Å². The minimum Gasteiger partial charge on any atom is -0.469 e. The molecule has 1 unspecified atom stereocenters. The summed E-state index contributed by atoms with van der Waals surface area (Å²) in [5, 5.41) is 0. The van der Waals surface area contributed by atoms with E-state index in [0.717, 1.165) is 5.56 Å². The Morgan fingerprint density at radius 2 is 2.04 bits per heavy atom. The fourth-order valence-corrected chi connectivity index (χ4v) is 7.86. The van der Waals surface area contributed by atoms with Crippen LogP contribution in [0.25, 0.3) is 0 Å². The standard InChI is InChI=1S/C17H19N3O4S2/c1-15(14(23)24-4)9-17-13(22)19(3)16(2,25-26-17)12(21)20(17)11(15)10-6-5-7-18-8-10/h5-8,11H,9H2,1-4H3/t11?,15-,16-,17-/m0/s1. The highest BCUT2D eigenvalue weighted by Crippen LogP contribution is 2.69. The first kappa shape index (κ1) is 17.7. The Hall–Kier alpha value is -1.74. The van der Waals surface area contributed by atoms with Gasteiger partial charge in [-0.3, -0.25) is 19.4 Å². The number of rotatable bonds is 2. The van der Waals surface area contributed by atoms with Gasteiger partial charge >= 0.3 is 5.97 Å². The maximum atomic E-state index is 13.4. The van der Waals surface area contributed by atoms with Crippen LogP contribution in [-0.2, 0) is 19.1 Å². The van der Waals surface area contributed by atoms with Gasteiger partial charge in [0.05, 0.1) is 18.6 Å². The number of carbonyl (C=O) groups excluding carboxylic acids is 3. The van der Waals surface area contributed by atoms with Crippen molar-refractivity contribution in [2.75, 3.05) is 14.2 Å². The molecule has 0 saturated carbocycles. The molecule has 5 rings (SSSR count). The Morgan fingerprint density at radius 1 is 1.31 bits per heavy atom. The molecule has 1 spiro atoms. The third-order valence-electron chi connectivity index (χ3n) is 5.75. The van der Waals surface area contributed by atoms with Crippen LogP contribution in [0.3, 0.4) is 0 Å². The molecule has 0 aromatic carbocycles. The zero-order chi connectivity index (χ0) is 18.9. The van der Waals surface area contributed by atoms with Gasteiger partial charge in [0, 0.05) is 25.9 Å². The van der Waals surface area contributed by atoms with Crippen molar-refractivity contribution in [2.45, 2.75) is 36.1 Å². The molecule has 4 saturated heterocycles. The number of hydrogen-bond donors (Lipinski definition) is 0. The van der Waals surface area contributed by atoms with E-state index in [0.29, 0.717) is 0 Å². The highest BCUT2D eigenvalue weighted by Gasteiger charge is 2.76. The molecule has 2 bridgehead atoms. The second kappa shape index (κ2) is 5.39. The minimum atomic E-state index is -1.11. The molecule has 4 fully saturated rings. The summed E-state index contributed by atoms with van der Waals surface area (Å²) in [5.74, 6) is -0.743. The minimum absolute atomic E-state index is 0.148. The summed E-state index contributed by atoms with van der Waals surface area (Å²) in [6, 6.07) is 2.99. The van der Waals surface area contributed by atoms with E-state index in [2.05, 4.69) is 4.98 Å². The molecule has 4 atom stereocenters. The van der Waals surface area contributed by atoms with Crippen molar-refractivity contribution >= 4 is 39.4 Å². The van der Waals surface area contributed by atoms with Gasteiger partial charge in [-0.15, -0.1) is 0 Å². The second-order valence-electron chi connectivity index (χ2n) is 7.25. The summed E-state index contributed by atoms with van der Waals surface area (Å²) in [6.45, 7) is 3.52. The summed E-state index contributed by atoms with van der Waals surface area (Å²) in [5.41, 5.74) is -0.324. The van der Waals surface area contributed by atoms with Crippen molar-refractivity contribution in [2.24, 2.45) is 5.41 Å². The van der Waals surface area contributed by atoms with E-state index in [1.165, 1.54) is 33.6 Å². The van der Waals surface area contributed by atoms with Crippen LogP contribution in [0.4, 0.5) is 0 Å². The van der Waals surface area contributed by atoms with E-state index < -0.39 is 27.2 Å². The van der Waals surface area contributed by atoms with E-state index in [1.54, 1.807) is 44.3 Å². The summed E-state index contributed by atoms with van der Waals surface area (Å²) in [6.07, 6.45) is 3.49. The Kier molecular flexibility index (Phi) is 3.66. The van der Waals surface area contributed by atoms with Crippen LogP contribution in [0.2, 0.25) is 0 Å². The van der Waals surface area contributed by atoms with Crippen molar-refractivity contribution in [3.8, 4) is 0 Å². The smallest absolute Gasteiger partial charge is 0.314 e. The normalized spacial score (nSPS) is 38.5. The number of fused-ring (bicyclic) bond motifs is 2. The van der Waals surface area contributed by atoms with E-state index in [-0.39, 0.29) is 18.2 Å². The first-order valence-electron chi connectivity index (χ1n) is 8.19. The zero-order valence-electron chi connectivity index (χ0n) is 14.9. The average molecular weight is 393 g/mol. The van der Waals surface area contributed by atoms with Crippen LogP contribution < -0.4 is 0 Å². The second-order valence-corrected chi connectivity index (χ2v) is 10.1. The largest absolute Gasteiger partial charge is 0.469 e. The lowest BCUT2D eigenvalue weighted by Crippen LogP contribution is -2.73. The van der Waals surface area contributed by atoms with Gasteiger partial charge < -0.3 is 14.5 Å². The van der Waals surface area contributed by atoms with Crippen LogP contribution in [0.1, 0.15) is 31.9 Å². The molecule has 4 aliphatic rings. The first-order valence-corrected chi connectivity index (χ1v) is 10.3. The molecule has 5 heterocycles. The molecule has 0 radical (unpaired) electrons. The molecule has 2 amide bonds. The molecule has 1 aromatic rings. The summed E-state index contributed by atoms with van der Waals surface area (Å²) >= 11 is 0. The van der Waals surface area contributed by atoms with Gasteiger partial charge in [-0.2, -0.15) is 0 Å². The van der Waals surface area contributed by atoms with Crippen LogP contribution in [0.5, 0.6) is 0 Å². The number of piperazine rings is 1. The fourth-order valence-electron chi connectivity index (χ4n) is 4.27. The molecular weight excluding hydrogens is 374 g/mol. The number of likely N-dealkylation sites (N-methyl/N-ethyl adjacent to an activating group) is 1. The lowest BCUT2D eigenvalue weighted by molar-refractivity contribution is -0.165. The van der Waals surface area contributed by atoms with Crippen molar-refractivity contribution in [3.05, 3.63) is 30.1 Å². The van der Waals surface area contributed by atoms with E-state index in [1.807, 2.05) is 6.07 Å². The van der Waals surface area contributed by atoms with Gasteiger partial charge in [0.25, 0.3) is 11.8 Å². The van der Waals surface area contributed by atoms with Gasteiger partial charge in [0.2, 0.25) is 0 Å². The van der Waals surface area contributed by atoms with Crippen LogP contribution in [0, 0.1) is 5.41 Å². The average Bonchev–Trinajstić information content (AvgIpc) is 2.93. The maximum Gasteiger partial charge on any atom is 0.314 e. The van der Waals surface area contributed by atoms with Crippen molar-refractivity contribution < 1.29 is 19.1 Å². The predicted octanol–water partition coefficient (Wildman–Crippen LogP) is 1.81. The van der Waals surface area contributed by atoms with Crippen molar-refractivity contribution in [1.82, 2.24) is 14.8 Å². The topological polar surface area (TPSA) is 79.8 Å². The number of esters is 1. The third kappa shape index (κ3) is 1.87. The number of carbonyl (C=O) groups is 3. The highest BCUT2D eigenvalue weighted by molar-refractivity contribution is 8.78. The number of pyridine rings is 1. The predicted molar refractivity (Wildman–Crippen MR) is 97.7 cm³/mol. The van der Waals surface area contributed by atoms with Crippen molar-refractivity contribution in [1.29, 1.82) is 0 Å². The Labute approximate surface area is 159 Å². The first-order chi connectivity index (χ1) is 12.2. The van der Waals surface area contributed by atoms with Crippen molar-refractivity contribution in [3.63, 3.8) is 0 Å². The molecular formula is C17H19N3O4S2. The van der Waals surface area contributed by atoms with Crippen LogP contribution in [0.15, 0.2) is 24.5 Å². The molecule has 4 aliphatic heterocycles. The summed E-state index contributed by atoms with van der Waals surface area (Å²) in [4.78, 5) is 44.7. The van der Waals surface area contributed by atoms with E-state index in [4.69, 9.17) is 4.74 Å². The Balaban J connectivity index is 1.96. The molecule has 26 heavy (non-hydrogen) atoms. The molecule has 0 aliphatic carbocycles. The lowest BCUT2D eigenvalue weighted by Gasteiger charge is -2.57. The van der Waals surface area contributed by atoms with E-state index in [9.17, 15) is 14.4 Å². The number of amides is 2. The summed E-state index contributed by atoms with van der Waals surface area (Å²) < 4.78 is 5.08. The molecule has 1 aromatic heterocycles. The quantitative estimate of drug-likeness (QED) is 0.560. The number of methoxy groups -OCH3 is 1. The van der Waals surface area contributed by atoms with Gasteiger partial charge in [-0.25, -0.2) is 0 Å². The number of ether oxygens (including phenoxy) is 1. The van der Waals surface area contributed by atoms with Crippen LogP contribution in [-0.4, -0.2) is 56.5 Å². The SMILES string of the molecule is COC(=O)[C@@]1(C)C[C@@]23SS[C@@](C)(C(=O)N2C1c1cccnc1)N(C)C3=O. The monoisotopic (exact) mass is 393 g/mol. The van der Waals surface area contributed by atoms with Gasteiger partial charge in [-0.05, 0) is 25.5 Å². The molecule has 138 valence electrons. The number of aromatic nitrogens is 1.